The molecule has 0 spiro atoms. The van der Waals surface area contributed by atoms with Gasteiger partial charge in [-0.3, -0.25) is 19.6 Å². The second-order valence-electron chi connectivity index (χ2n) is 7.29. The molecule has 1 amide bonds. The van der Waals surface area contributed by atoms with Gasteiger partial charge in [-0.1, -0.05) is 42.5 Å². The minimum absolute atomic E-state index is 0. The standard InChI is InChI=1S/C24H17F2N3O3S.FH/c1-24(25,26)17-8-5-9-18(14-17)27-22(30)21-20(15-10-12-19(13-11-15)29(31)32)28-23(33-21)16-6-3-2-4-7-16;/h2-14H,1H3,(H,27,30);1H. The third kappa shape index (κ3) is 5.29. The Hall–Kier alpha value is -4.05. The summed E-state index contributed by atoms with van der Waals surface area (Å²) in [6.45, 7) is 0.788. The number of benzene rings is 3. The molecule has 0 atom stereocenters. The van der Waals surface area contributed by atoms with Gasteiger partial charge in [-0.25, -0.2) is 13.8 Å². The van der Waals surface area contributed by atoms with E-state index < -0.39 is 16.8 Å². The number of hydrogen-bond acceptors (Lipinski definition) is 5. The summed E-state index contributed by atoms with van der Waals surface area (Å²) in [5.74, 6) is -3.56. The number of nitrogens with zero attached hydrogens (tertiary/aromatic N) is 2. The highest BCUT2D eigenvalue weighted by molar-refractivity contribution is 7.17. The maximum atomic E-state index is 13.7. The van der Waals surface area contributed by atoms with Crippen molar-refractivity contribution in [2.24, 2.45) is 0 Å². The van der Waals surface area contributed by atoms with Gasteiger partial charge in [0.2, 0.25) is 0 Å². The van der Waals surface area contributed by atoms with E-state index in [0.29, 0.717) is 16.3 Å². The van der Waals surface area contributed by atoms with Crippen LogP contribution in [0.25, 0.3) is 21.8 Å². The average Bonchev–Trinajstić information content (AvgIpc) is 3.25. The third-order valence-electron chi connectivity index (χ3n) is 4.83. The average molecular weight is 485 g/mol. The summed E-state index contributed by atoms with van der Waals surface area (Å²) in [6, 6.07) is 20.5. The fraction of sp³-hybridized carbons (Fsp3) is 0.0833. The molecule has 6 nitrogen and oxygen atoms in total. The fourth-order valence-corrected chi connectivity index (χ4v) is 4.16. The van der Waals surface area contributed by atoms with Crippen molar-refractivity contribution in [2.45, 2.75) is 12.8 Å². The van der Waals surface area contributed by atoms with Gasteiger partial charge in [-0.05, 0) is 24.3 Å². The maximum absolute atomic E-state index is 13.7. The van der Waals surface area contributed by atoms with Crippen LogP contribution in [-0.2, 0) is 5.92 Å². The van der Waals surface area contributed by atoms with Crippen LogP contribution in [0.1, 0.15) is 22.2 Å². The van der Waals surface area contributed by atoms with Crippen LogP contribution in [0.5, 0.6) is 0 Å². The van der Waals surface area contributed by atoms with Crippen LogP contribution < -0.4 is 5.32 Å². The van der Waals surface area contributed by atoms with Gasteiger partial charge in [0.25, 0.3) is 17.5 Å². The minimum Gasteiger partial charge on any atom is -0.321 e. The Kier molecular flexibility index (Phi) is 7.11. The van der Waals surface area contributed by atoms with Crippen LogP contribution in [0.3, 0.4) is 0 Å². The monoisotopic (exact) mass is 485 g/mol. The lowest BCUT2D eigenvalue weighted by Gasteiger charge is -2.12. The largest absolute Gasteiger partial charge is 0.321 e. The molecule has 34 heavy (non-hydrogen) atoms. The highest BCUT2D eigenvalue weighted by atomic mass is 32.1. The van der Waals surface area contributed by atoms with E-state index in [2.05, 4.69) is 10.3 Å². The summed E-state index contributed by atoms with van der Waals surface area (Å²) in [7, 11) is 0. The number of carbonyl (C=O) groups excluding carboxylic acids is 1. The number of anilines is 1. The van der Waals surface area contributed by atoms with Crippen LogP contribution in [0.2, 0.25) is 0 Å². The van der Waals surface area contributed by atoms with E-state index in [-0.39, 0.29) is 26.5 Å². The molecule has 10 heteroatoms. The molecule has 0 unspecified atom stereocenters. The fourth-order valence-electron chi connectivity index (χ4n) is 3.17. The van der Waals surface area contributed by atoms with E-state index in [4.69, 9.17) is 0 Å². The van der Waals surface area contributed by atoms with Crippen LogP contribution >= 0.6 is 11.3 Å². The van der Waals surface area contributed by atoms with Crippen molar-refractivity contribution in [2.75, 3.05) is 5.32 Å². The lowest BCUT2D eigenvalue weighted by atomic mass is 10.1. The van der Waals surface area contributed by atoms with E-state index >= 15 is 0 Å². The summed E-state index contributed by atoms with van der Waals surface area (Å²) in [4.78, 5) is 28.5. The molecule has 1 heterocycles. The van der Waals surface area contributed by atoms with Crippen LogP contribution in [0.15, 0.2) is 78.9 Å². The SMILES string of the molecule is CC(F)(F)c1cccc(NC(=O)c2sc(-c3ccccc3)nc2-c2ccc([N+](=O)[O-])cc2)c1.F. The molecule has 4 rings (SSSR count). The Morgan fingerprint density at radius 3 is 2.29 bits per heavy atom. The van der Waals surface area contributed by atoms with Gasteiger partial charge >= 0.3 is 0 Å². The van der Waals surface area contributed by atoms with Crippen molar-refractivity contribution in [1.29, 1.82) is 0 Å². The first-order valence-electron chi connectivity index (χ1n) is 9.83. The quantitative estimate of drug-likeness (QED) is 0.238. The molecule has 0 bridgehead atoms. The first-order valence-corrected chi connectivity index (χ1v) is 10.6. The molecule has 0 fully saturated rings. The van der Waals surface area contributed by atoms with Gasteiger partial charge in [0.1, 0.15) is 9.88 Å². The summed E-state index contributed by atoms with van der Waals surface area (Å²) in [5.41, 5.74) is 1.60. The highest BCUT2D eigenvalue weighted by Gasteiger charge is 2.25. The third-order valence-corrected chi connectivity index (χ3v) is 5.94. The van der Waals surface area contributed by atoms with E-state index in [9.17, 15) is 23.7 Å². The zero-order chi connectivity index (χ0) is 23.6. The first kappa shape index (κ1) is 24.6. The van der Waals surface area contributed by atoms with Crippen LogP contribution in [0, 0.1) is 10.1 Å². The molecule has 0 aliphatic carbocycles. The van der Waals surface area contributed by atoms with E-state index in [1.807, 2.05) is 30.3 Å². The van der Waals surface area contributed by atoms with Gasteiger partial charge < -0.3 is 5.32 Å². The Bertz CT molecular complexity index is 1320. The smallest absolute Gasteiger partial charge is 0.270 e. The van der Waals surface area contributed by atoms with Gasteiger partial charge in [-0.2, -0.15) is 0 Å². The van der Waals surface area contributed by atoms with Crippen LogP contribution in [0.4, 0.5) is 24.9 Å². The molecule has 0 saturated heterocycles. The number of nitro benzene ring substituents is 1. The van der Waals surface area contributed by atoms with Crippen LogP contribution in [-0.4, -0.2) is 15.8 Å². The Labute approximate surface area is 196 Å². The number of halogens is 3. The predicted octanol–water partition coefficient (Wildman–Crippen LogP) is 6.90. The second kappa shape index (κ2) is 9.84. The maximum Gasteiger partial charge on any atom is 0.270 e. The summed E-state index contributed by atoms with van der Waals surface area (Å²) < 4.78 is 27.4. The normalized spacial score (nSPS) is 10.9. The van der Waals surface area contributed by atoms with Gasteiger partial charge in [0.05, 0.1) is 10.6 Å². The predicted molar refractivity (Wildman–Crippen MR) is 126 cm³/mol. The molecule has 3 aromatic carbocycles. The van der Waals surface area contributed by atoms with E-state index in [1.54, 1.807) is 0 Å². The number of thiazole rings is 1. The molecule has 0 saturated carbocycles. The summed E-state index contributed by atoms with van der Waals surface area (Å²) in [6.07, 6.45) is 0. The van der Waals surface area contributed by atoms with Crippen molar-refractivity contribution < 1.29 is 23.2 Å². The Balaban J connectivity index is 0.00000324. The molecular weight excluding hydrogens is 467 g/mol. The lowest BCUT2D eigenvalue weighted by Crippen LogP contribution is -2.13. The first-order chi connectivity index (χ1) is 15.7. The number of rotatable bonds is 6. The summed E-state index contributed by atoms with van der Waals surface area (Å²) >= 11 is 1.15. The Morgan fingerprint density at radius 1 is 1.00 bits per heavy atom. The topological polar surface area (TPSA) is 85.1 Å². The zero-order valence-electron chi connectivity index (χ0n) is 17.7. The number of nitrogens with one attached hydrogen (secondary N) is 1. The Morgan fingerprint density at radius 2 is 1.68 bits per heavy atom. The van der Waals surface area contributed by atoms with Crippen molar-refractivity contribution in [1.82, 2.24) is 4.98 Å². The number of non-ortho nitro benzene ring substituents is 1. The number of amides is 1. The number of hydrogen-bond donors (Lipinski definition) is 1. The van der Waals surface area contributed by atoms with Crippen molar-refractivity contribution in [3.8, 4) is 21.8 Å². The zero-order valence-corrected chi connectivity index (χ0v) is 18.5. The van der Waals surface area contributed by atoms with E-state index in [1.165, 1.54) is 48.5 Å². The van der Waals surface area contributed by atoms with Crippen molar-refractivity contribution in [3.05, 3.63) is 99.4 Å². The molecular formula is C24H18F3N3O3S. The molecule has 1 N–H and O–H groups in total. The second-order valence-corrected chi connectivity index (χ2v) is 8.29. The molecule has 174 valence electrons. The molecule has 1 aromatic heterocycles. The molecule has 0 aliphatic heterocycles. The highest BCUT2D eigenvalue weighted by Crippen LogP contribution is 2.35. The van der Waals surface area contributed by atoms with E-state index in [0.717, 1.165) is 23.8 Å². The number of carbonyl (C=O) groups is 1. The van der Waals surface area contributed by atoms with Gasteiger partial charge in [0, 0.05) is 41.4 Å². The number of alkyl halides is 2. The lowest BCUT2D eigenvalue weighted by molar-refractivity contribution is -0.384. The van der Waals surface area contributed by atoms with Crippen molar-refractivity contribution >= 4 is 28.6 Å². The van der Waals surface area contributed by atoms with Crippen molar-refractivity contribution in [3.63, 3.8) is 0 Å². The molecule has 0 radical (unpaired) electrons. The van der Waals surface area contributed by atoms with Gasteiger partial charge in [-0.15, -0.1) is 11.3 Å². The number of nitro groups is 1. The molecule has 0 aliphatic rings. The molecule has 4 aromatic rings. The summed E-state index contributed by atoms with van der Waals surface area (Å²) in [5, 5.41) is 14.2. The minimum atomic E-state index is -3.05. The van der Waals surface area contributed by atoms with Gasteiger partial charge in [0.15, 0.2) is 0 Å². The number of aromatic nitrogens is 1.